The molecule has 0 saturated carbocycles. The molecule has 1 aromatic rings. The lowest BCUT2D eigenvalue weighted by atomic mass is 9.90. The summed E-state index contributed by atoms with van der Waals surface area (Å²) in [4.78, 5) is 17.4. The van der Waals surface area contributed by atoms with Gasteiger partial charge in [0.05, 0.1) is 16.7 Å². The Morgan fingerprint density at radius 2 is 1.83 bits per heavy atom. The molecule has 0 spiro atoms. The number of nitrogens with zero attached hydrogens (tertiary/aromatic N) is 2. The van der Waals surface area contributed by atoms with Crippen molar-refractivity contribution in [3.05, 3.63) is 29.6 Å². The first kappa shape index (κ1) is 14.6. The third kappa shape index (κ3) is 2.69. The lowest BCUT2D eigenvalue weighted by molar-refractivity contribution is -0.138. The lowest BCUT2D eigenvalue weighted by Gasteiger charge is -2.31. The molecule has 1 heterocycles. The van der Waals surface area contributed by atoms with Gasteiger partial charge in [-0.3, -0.25) is 14.7 Å². The minimum Gasteiger partial charge on any atom is -0.297 e. The van der Waals surface area contributed by atoms with E-state index in [4.69, 9.17) is 0 Å². The number of likely N-dealkylation sites (N-methyl/N-ethyl adjacent to an activating group) is 1. The molecule has 0 aliphatic rings. The molecule has 0 bridgehead atoms. The molecule has 0 aliphatic carbocycles. The summed E-state index contributed by atoms with van der Waals surface area (Å²) >= 11 is 0. The Morgan fingerprint density at radius 1 is 1.28 bits per heavy atom. The average molecular weight is 260 g/mol. The second kappa shape index (κ2) is 4.68. The van der Waals surface area contributed by atoms with Crippen LogP contribution < -0.4 is 0 Å². The van der Waals surface area contributed by atoms with Crippen LogP contribution >= 0.6 is 0 Å². The molecule has 18 heavy (non-hydrogen) atoms. The van der Waals surface area contributed by atoms with E-state index in [-0.39, 0.29) is 0 Å². The maximum absolute atomic E-state index is 12.8. The van der Waals surface area contributed by atoms with Crippen LogP contribution in [0.4, 0.5) is 13.2 Å². The highest BCUT2D eigenvalue weighted by Gasteiger charge is 2.39. The summed E-state index contributed by atoms with van der Waals surface area (Å²) in [5.74, 6) is -0.604. The first-order valence-corrected chi connectivity index (χ1v) is 5.32. The van der Waals surface area contributed by atoms with Crippen molar-refractivity contribution < 1.29 is 18.0 Å². The van der Waals surface area contributed by atoms with Crippen molar-refractivity contribution in [2.75, 3.05) is 14.1 Å². The highest BCUT2D eigenvalue weighted by molar-refractivity contribution is 6.03. The standard InChI is InChI=1S/C12H15F3N2O/c1-11(2,17(3)4)10(18)8-7-16-6-5-9(8)12(13,14)15/h5-7H,1-4H3. The zero-order valence-electron chi connectivity index (χ0n) is 10.7. The summed E-state index contributed by atoms with van der Waals surface area (Å²) < 4.78 is 38.4. The van der Waals surface area contributed by atoms with Crippen molar-refractivity contribution >= 4 is 5.78 Å². The molecule has 0 amide bonds. The van der Waals surface area contributed by atoms with Crippen LogP contribution in [0.3, 0.4) is 0 Å². The molecule has 0 aromatic carbocycles. The van der Waals surface area contributed by atoms with E-state index in [1.807, 2.05) is 0 Å². The van der Waals surface area contributed by atoms with Gasteiger partial charge in [0.2, 0.25) is 0 Å². The van der Waals surface area contributed by atoms with E-state index in [0.717, 1.165) is 18.5 Å². The molecule has 1 aromatic heterocycles. The number of carbonyl (C=O) groups excluding carboxylic acids is 1. The molecule has 0 unspecified atom stereocenters. The first-order valence-electron chi connectivity index (χ1n) is 5.32. The highest BCUT2D eigenvalue weighted by atomic mass is 19.4. The second-order valence-corrected chi connectivity index (χ2v) is 4.70. The normalized spacial score (nSPS) is 12.9. The fourth-order valence-electron chi connectivity index (χ4n) is 1.36. The minimum atomic E-state index is -4.56. The Bertz CT molecular complexity index is 453. The monoisotopic (exact) mass is 260 g/mol. The molecule has 0 aliphatic heterocycles. The number of hydrogen-bond acceptors (Lipinski definition) is 3. The van der Waals surface area contributed by atoms with Gasteiger partial charge in [-0.15, -0.1) is 0 Å². The van der Waals surface area contributed by atoms with Gasteiger partial charge >= 0.3 is 6.18 Å². The van der Waals surface area contributed by atoms with Gasteiger partial charge in [0, 0.05) is 12.4 Å². The summed E-state index contributed by atoms with van der Waals surface area (Å²) in [6, 6.07) is 0.818. The fourth-order valence-corrected chi connectivity index (χ4v) is 1.36. The van der Waals surface area contributed by atoms with E-state index < -0.39 is 28.6 Å². The van der Waals surface area contributed by atoms with Gasteiger partial charge in [0.25, 0.3) is 0 Å². The van der Waals surface area contributed by atoms with Crippen LogP contribution in [0.25, 0.3) is 0 Å². The molecule has 1 rings (SSSR count). The van der Waals surface area contributed by atoms with E-state index in [9.17, 15) is 18.0 Å². The molecule has 0 atom stereocenters. The molecule has 6 heteroatoms. The molecule has 3 nitrogen and oxygen atoms in total. The molecule has 0 N–H and O–H groups in total. The van der Waals surface area contributed by atoms with Gasteiger partial charge < -0.3 is 0 Å². The molecule has 0 radical (unpaired) electrons. The number of Topliss-reactive ketones (excluding diaryl/α,β-unsaturated/α-hetero) is 1. The predicted octanol–water partition coefficient (Wildman–Crippen LogP) is 2.62. The molecular formula is C12H15F3N2O. The largest absolute Gasteiger partial charge is 0.417 e. The second-order valence-electron chi connectivity index (χ2n) is 4.70. The number of carbonyl (C=O) groups is 1. The summed E-state index contributed by atoms with van der Waals surface area (Å²) in [6.45, 7) is 3.14. The van der Waals surface area contributed by atoms with Crippen LogP contribution in [-0.4, -0.2) is 35.3 Å². The summed E-state index contributed by atoms with van der Waals surface area (Å²) in [6.07, 6.45) is -2.56. The Balaban J connectivity index is 3.31. The van der Waals surface area contributed by atoms with Crippen LogP contribution in [0.15, 0.2) is 18.5 Å². The van der Waals surface area contributed by atoms with Gasteiger partial charge in [-0.1, -0.05) is 0 Å². The molecule has 100 valence electrons. The van der Waals surface area contributed by atoms with Crippen molar-refractivity contribution in [3.8, 4) is 0 Å². The van der Waals surface area contributed by atoms with Gasteiger partial charge in [0.15, 0.2) is 5.78 Å². The van der Waals surface area contributed by atoms with Crippen LogP contribution in [0.1, 0.15) is 29.8 Å². The quantitative estimate of drug-likeness (QED) is 0.783. The third-order valence-corrected chi connectivity index (χ3v) is 3.04. The van der Waals surface area contributed by atoms with Gasteiger partial charge in [-0.2, -0.15) is 13.2 Å². The SMILES string of the molecule is CN(C)C(C)(C)C(=O)c1cnccc1C(F)(F)F. The van der Waals surface area contributed by atoms with Crippen LogP contribution in [0.5, 0.6) is 0 Å². The fraction of sp³-hybridized carbons (Fsp3) is 0.500. The summed E-state index contributed by atoms with van der Waals surface area (Å²) in [7, 11) is 3.28. The van der Waals surface area contributed by atoms with Crippen molar-refractivity contribution in [3.63, 3.8) is 0 Å². The smallest absolute Gasteiger partial charge is 0.297 e. The maximum Gasteiger partial charge on any atom is 0.417 e. The van der Waals surface area contributed by atoms with Crippen LogP contribution in [-0.2, 0) is 6.18 Å². The number of aromatic nitrogens is 1. The van der Waals surface area contributed by atoms with E-state index >= 15 is 0 Å². The Kier molecular flexibility index (Phi) is 3.81. The summed E-state index contributed by atoms with van der Waals surface area (Å²) in [5, 5.41) is 0. The van der Waals surface area contributed by atoms with E-state index in [2.05, 4.69) is 4.98 Å². The lowest BCUT2D eigenvalue weighted by Crippen LogP contribution is -2.46. The number of pyridine rings is 1. The van der Waals surface area contributed by atoms with Gasteiger partial charge in [0.1, 0.15) is 0 Å². The van der Waals surface area contributed by atoms with Gasteiger partial charge in [-0.05, 0) is 34.0 Å². The average Bonchev–Trinajstić information content (AvgIpc) is 2.26. The maximum atomic E-state index is 12.8. The van der Waals surface area contributed by atoms with Gasteiger partial charge in [-0.25, -0.2) is 0 Å². The Labute approximate surface area is 104 Å². The Morgan fingerprint density at radius 3 is 2.28 bits per heavy atom. The van der Waals surface area contributed by atoms with E-state index in [0.29, 0.717) is 0 Å². The number of alkyl halides is 3. The molecule has 0 fully saturated rings. The van der Waals surface area contributed by atoms with Crippen LogP contribution in [0, 0.1) is 0 Å². The highest BCUT2D eigenvalue weighted by Crippen LogP contribution is 2.33. The Hall–Kier alpha value is -1.43. The number of rotatable bonds is 3. The third-order valence-electron chi connectivity index (χ3n) is 3.04. The predicted molar refractivity (Wildman–Crippen MR) is 61.3 cm³/mol. The molecule has 0 saturated heterocycles. The van der Waals surface area contributed by atoms with Crippen molar-refractivity contribution in [2.45, 2.75) is 25.6 Å². The van der Waals surface area contributed by atoms with Crippen molar-refractivity contribution in [1.82, 2.24) is 9.88 Å². The summed E-state index contributed by atoms with van der Waals surface area (Å²) in [5.41, 5.74) is -2.37. The minimum absolute atomic E-state index is 0.399. The number of ketones is 1. The van der Waals surface area contributed by atoms with Crippen LogP contribution in [0.2, 0.25) is 0 Å². The number of hydrogen-bond donors (Lipinski definition) is 0. The van der Waals surface area contributed by atoms with Crippen molar-refractivity contribution in [2.24, 2.45) is 0 Å². The zero-order valence-corrected chi connectivity index (χ0v) is 10.7. The molecular weight excluding hydrogens is 245 g/mol. The van der Waals surface area contributed by atoms with E-state index in [1.54, 1.807) is 32.8 Å². The zero-order chi connectivity index (χ0) is 14.1. The van der Waals surface area contributed by atoms with E-state index in [1.165, 1.54) is 0 Å². The number of halogens is 3. The topological polar surface area (TPSA) is 33.2 Å². The van der Waals surface area contributed by atoms with Crippen molar-refractivity contribution in [1.29, 1.82) is 0 Å². The first-order chi connectivity index (χ1) is 8.08.